The molecule has 48 valence electrons. The predicted octanol–water partition coefficient (Wildman–Crippen LogP) is 2.52. The predicted molar refractivity (Wildman–Crippen MR) is 38.1 cm³/mol. The monoisotopic (exact) mass is 120 g/mol. The summed E-state index contributed by atoms with van der Waals surface area (Å²) in [4.78, 5) is 0. The summed E-state index contributed by atoms with van der Waals surface area (Å²) in [6.45, 7) is 2.19. The third-order valence-electron chi connectivity index (χ3n) is 2.59. The Balaban J connectivity index is 2.22. The van der Waals surface area contributed by atoms with Gasteiger partial charge in [-0.3, -0.25) is 0 Å². The second kappa shape index (κ2) is 1.75. The fourth-order valence-electron chi connectivity index (χ4n) is 1.77. The van der Waals surface area contributed by atoms with E-state index in [4.69, 9.17) is 0 Å². The maximum atomic E-state index is 3.31. The van der Waals surface area contributed by atoms with Crippen LogP contribution in [0.4, 0.5) is 0 Å². The van der Waals surface area contributed by atoms with Gasteiger partial charge < -0.3 is 0 Å². The van der Waals surface area contributed by atoms with E-state index < -0.39 is 0 Å². The van der Waals surface area contributed by atoms with Gasteiger partial charge in [-0.05, 0) is 49.7 Å². The highest BCUT2D eigenvalue weighted by molar-refractivity contribution is 5.11. The SMILES string of the molecule is CC1=C=CC2CCC2C1. The van der Waals surface area contributed by atoms with Gasteiger partial charge in [0.05, 0.1) is 0 Å². The minimum Gasteiger partial charge on any atom is -0.126 e. The topological polar surface area (TPSA) is 0 Å². The number of rotatable bonds is 0. The first-order valence-corrected chi connectivity index (χ1v) is 3.78. The van der Waals surface area contributed by atoms with Crippen molar-refractivity contribution in [2.75, 3.05) is 0 Å². The molecule has 2 aliphatic rings. The van der Waals surface area contributed by atoms with Crippen LogP contribution in [0.1, 0.15) is 26.2 Å². The molecule has 0 bridgehead atoms. The van der Waals surface area contributed by atoms with E-state index in [0.717, 1.165) is 11.8 Å². The van der Waals surface area contributed by atoms with Crippen molar-refractivity contribution in [2.45, 2.75) is 26.2 Å². The summed E-state index contributed by atoms with van der Waals surface area (Å²) in [5, 5.41) is 0. The van der Waals surface area contributed by atoms with E-state index in [1.807, 2.05) is 0 Å². The molecule has 0 aromatic rings. The average Bonchev–Trinajstić information content (AvgIpc) is 1.78. The molecule has 0 radical (unpaired) electrons. The third-order valence-corrected chi connectivity index (χ3v) is 2.59. The fraction of sp³-hybridized carbons (Fsp3) is 0.667. The highest BCUT2D eigenvalue weighted by Gasteiger charge is 2.30. The van der Waals surface area contributed by atoms with Crippen molar-refractivity contribution in [3.05, 3.63) is 17.4 Å². The van der Waals surface area contributed by atoms with Crippen LogP contribution >= 0.6 is 0 Å². The van der Waals surface area contributed by atoms with Gasteiger partial charge in [-0.15, -0.1) is 5.73 Å². The lowest BCUT2D eigenvalue weighted by atomic mass is 9.69. The average molecular weight is 120 g/mol. The van der Waals surface area contributed by atoms with Gasteiger partial charge in [0.1, 0.15) is 0 Å². The molecule has 0 spiro atoms. The lowest BCUT2D eigenvalue weighted by Gasteiger charge is -2.36. The van der Waals surface area contributed by atoms with Gasteiger partial charge in [-0.1, -0.05) is 0 Å². The maximum Gasteiger partial charge on any atom is -0.0126 e. The van der Waals surface area contributed by atoms with Gasteiger partial charge >= 0.3 is 0 Å². The molecule has 1 fully saturated rings. The smallest absolute Gasteiger partial charge is 0.0126 e. The second-order valence-corrected chi connectivity index (χ2v) is 3.30. The van der Waals surface area contributed by atoms with E-state index in [1.54, 1.807) is 0 Å². The second-order valence-electron chi connectivity index (χ2n) is 3.30. The Kier molecular flexibility index (Phi) is 1.03. The number of allylic oxidation sites excluding steroid dienone is 1. The standard InChI is InChI=1S/C9H12/c1-7-2-3-8-4-5-9(8)6-7/h3,8-9H,4-6H2,1H3. The van der Waals surface area contributed by atoms with Crippen molar-refractivity contribution in [2.24, 2.45) is 11.8 Å². The van der Waals surface area contributed by atoms with Crippen LogP contribution in [0.3, 0.4) is 0 Å². The van der Waals surface area contributed by atoms with Crippen LogP contribution in [0.5, 0.6) is 0 Å². The first-order valence-electron chi connectivity index (χ1n) is 3.78. The molecule has 2 atom stereocenters. The molecule has 2 unspecified atom stereocenters. The molecular weight excluding hydrogens is 108 g/mol. The third kappa shape index (κ3) is 0.746. The van der Waals surface area contributed by atoms with Crippen molar-refractivity contribution in [1.29, 1.82) is 0 Å². The Labute approximate surface area is 56.3 Å². The van der Waals surface area contributed by atoms with Gasteiger partial charge in [0, 0.05) is 0 Å². The van der Waals surface area contributed by atoms with Crippen molar-refractivity contribution >= 4 is 0 Å². The van der Waals surface area contributed by atoms with E-state index >= 15 is 0 Å². The molecule has 0 aliphatic heterocycles. The molecule has 0 nitrogen and oxygen atoms in total. The van der Waals surface area contributed by atoms with Gasteiger partial charge in [-0.2, -0.15) is 0 Å². The summed E-state index contributed by atoms with van der Waals surface area (Å²) in [5.74, 6) is 1.92. The van der Waals surface area contributed by atoms with E-state index in [-0.39, 0.29) is 0 Å². The maximum absolute atomic E-state index is 3.31. The van der Waals surface area contributed by atoms with Crippen LogP contribution in [0, 0.1) is 11.8 Å². The molecule has 0 N–H and O–H groups in total. The van der Waals surface area contributed by atoms with E-state index in [1.165, 1.54) is 24.8 Å². The lowest BCUT2D eigenvalue weighted by Crippen LogP contribution is -2.25. The molecule has 0 heterocycles. The zero-order valence-electron chi connectivity index (χ0n) is 5.85. The molecule has 0 heteroatoms. The van der Waals surface area contributed by atoms with Crippen LogP contribution in [-0.2, 0) is 0 Å². The van der Waals surface area contributed by atoms with E-state index in [0.29, 0.717) is 0 Å². The Hall–Kier alpha value is -0.480. The van der Waals surface area contributed by atoms with Gasteiger partial charge in [0.25, 0.3) is 0 Å². The van der Waals surface area contributed by atoms with Crippen molar-refractivity contribution in [1.82, 2.24) is 0 Å². The van der Waals surface area contributed by atoms with Crippen LogP contribution in [0.2, 0.25) is 0 Å². The highest BCUT2D eigenvalue weighted by Crippen LogP contribution is 2.41. The number of hydrogen-bond donors (Lipinski definition) is 0. The normalized spacial score (nSPS) is 39.0. The number of fused-ring (bicyclic) bond motifs is 1. The van der Waals surface area contributed by atoms with Crippen molar-refractivity contribution in [3.63, 3.8) is 0 Å². The summed E-state index contributed by atoms with van der Waals surface area (Å²) in [7, 11) is 0. The zero-order chi connectivity index (χ0) is 6.27. The Morgan fingerprint density at radius 3 is 2.89 bits per heavy atom. The summed E-state index contributed by atoms with van der Waals surface area (Å²) in [5.41, 5.74) is 4.76. The van der Waals surface area contributed by atoms with Gasteiger partial charge in [0.15, 0.2) is 0 Å². The lowest BCUT2D eigenvalue weighted by molar-refractivity contribution is 0.221. The first-order chi connectivity index (χ1) is 4.36. The fourth-order valence-corrected chi connectivity index (χ4v) is 1.77. The molecule has 0 saturated heterocycles. The van der Waals surface area contributed by atoms with Crippen LogP contribution in [-0.4, -0.2) is 0 Å². The van der Waals surface area contributed by atoms with Crippen molar-refractivity contribution in [3.8, 4) is 0 Å². The summed E-state index contributed by atoms with van der Waals surface area (Å²) in [6, 6.07) is 0. The van der Waals surface area contributed by atoms with Gasteiger partial charge in [0.2, 0.25) is 0 Å². The molecule has 0 aromatic carbocycles. The molecule has 1 saturated carbocycles. The molecule has 2 aliphatic carbocycles. The Bertz CT molecular complexity index is 182. The summed E-state index contributed by atoms with van der Waals surface area (Å²) >= 11 is 0. The molecule has 0 amide bonds. The summed E-state index contributed by atoms with van der Waals surface area (Å²) in [6.07, 6.45) is 6.47. The van der Waals surface area contributed by atoms with Crippen LogP contribution < -0.4 is 0 Å². The van der Waals surface area contributed by atoms with Crippen molar-refractivity contribution < 1.29 is 0 Å². The summed E-state index contributed by atoms with van der Waals surface area (Å²) < 4.78 is 0. The molecule has 0 aromatic heterocycles. The molecular formula is C9H12. The minimum atomic E-state index is 0.911. The Morgan fingerprint density at radius 2 is 2.44 bits per heavy atom. The van der Waals surface area contributed by atoms with Crippen LogP contribution in [0.25, 0.3) is 0 Å². The first kappa shape index (κ1) is 5.32. The largest absolute Gasteiger partial charge is 0.126 e. The van der Waals surface area contributed by atoms with Gasteiger partial charge in [-0.25, -0.2) is 0 Å². The molecule has 9 heavy (non-hydrogen) atoms. The van der Waals surface area contributed by atoms with E-state index in [9.17, 15) is 0 Å². The zero-order valence-corrected chi connectivity index (χ0v) is 5.85. The van der Waals surface area contributed by atoms with Crippen LogP contribution in [0.15, 0.2) is 17.4 Å². The highest BCUT2D eigenvalue weighted by atomic mass is 14.3. The van der Waals surface area contributed by atoms with E-state index in [2.05, 4.69) is 18.7 Å². The minimum absolute atomic E-state index is 0.911. The quantitative estimate of drug-likeness (QED) is 0.431. The Morgan fingerprint density at radius 1 is 1.56 bits per heavy atom. The number of hydrogen-bond acceptors (Lipinski definition) is 0. The molecule has 2 rings (SSSR count).